The van der Waals surface area contributed by atoms with Crippen LogP contribution in [0.1, 0.15) is 83.1 Å². The van der Waals surface area contributed by atoms with Crippen LogP contribution in [0.4, 0.5) is 0 Å². The van der Waals surface area contributed by atoms with Crippen LogP contribution < -0.4 is 0 Å². The van der Waals surface area contributed by atoms with E-state index in [1.54, 1.807) is 0 Å². The Kier molecular flexibility index (Phi) is 27.1. The Balaban J connectivity index is -0.0000000899. The molecule has 0 bridgehead atoms. The SMILES string of the molecule is C[Si](C)C(C)(C)C.C[Si](C)C(C)(C)C.C[Si](C)C(C)(C)C.C[Si](C)C(C)(C)C.[Ge]=[Ge]. The zero-order chi connectivity index (χ0) is 26.3. The van der Waals surface area contributed by atoms with Crippen molar-refractivity contribution in [3.63, 3.8) is 0 Å². The maximum atomic E-state index is 2.35. The van der Waals surface area contributed by atoms with Crippen LogP contribution in [0.15, 0.2) is 0 Å². The Morgan fingerprint density at radius 3 is 0.333 bits per heavy atom. The van der Waals surface area contributed by atoms with E-state index in [1.165, 1.54) is 0 Å². The van der Waals surface area contributed by atoms with Gasteiger partial charge in [-0.25, -0.2) is 0 Å². The van der Waals surface area contributed by atoms with E-state index in [2.05, 4.69) is 135 Å². The van der Waals surface area contributed by atoms with Crippen molar-refractivity contribution in [2.45, 2.75) is 156 Å². The quantitative estimate of drug-likeness (QED) is 0.241. The average molecular weight is 606 g/mol. The molecule has 6 heteroatoms. The van der Waals surface area contributed by atoms with Gasteiger partial charge in [-0.1, -0.05) is 135 Å². The molecule has 0 aliphatic rings. The molecular formula is C24H60Ge2Si4. The third-order valence-corrected chi connectivity index (χ3v) is 18.0. The van der Waals surface area contributed by atoms with E-state index in [0.717, 1.165) is 0 Å². The molecule has 0 saturated heterocycles. The van der Waals surface area contributed by atoms with Gasteiger partial charge >= 0.3 is 28.0 Å². The van der Waals surface area contributed by atoms with E-state index in [0.29, 0.717) is 20.2 Å². The van der Waals surface area contributed by atoms with Crippen molar-refractivity contribution in [3.8, 4) is 0 Å². The van der Waals surface area contributed by atoms with E-state index < -0.39 is 0 Å². The molecule has 0 aliphatic heterocycles. The summed E-state index contributed by atoms with van der Waals surface area (Å²) in [6.07, 6.45) is 0. The van der Waals surface area contributed by atoms with Gasteiger partial charge in [-0.15, -0.1) is 0 Å². The Morgan fingerprint density at radius 2 is 0.333 bits per heavy atom. The van der Waals surface area contributed by atoms with Gasteiger partial charge in [0.2, 0.25) is 0 Å². The number of hydrogen-bond acceptors (Lipinski definition) is 0. The summed E-state index contributed by atoms with van der Waals surface area (Å²) in [7, 11) is -0.201. The molecule has 0 aliphatic carbocycles. The molecule has 8 radical (unpaired) electrons. The normalized spacial score (nSPS) is 12.1. The van der Waals surface area contributed by atoms with Crippen molar-refractivity contribution in [1.29, 1.82) is 0 Å². The van der Waals surface area contributed by atoms with Crippen LogP contribution in [0, 0.1) is 0 Å². The van der Waals surface area contributed by atoms with E-state index in [9.17, 15) is 0 Å². The van der Waals surface area contributed by atoms with E-state index in [-0.39, 0.29) is 35.2 Å². The van der Waals surface area contributed by atoms with Crippen molar-refractivity contribution < 1.29 is 0 Å². The van der Waals surface area contributed by atoms with E-state index in [4.69, 9.17) is 0 Å². The van der Waals surface area contributed by atoms with Crippen LogP contribution in [0.5, 0.6) is 0 Å². The Labute approximate surface area is 217 Å². The van der Waals surface area contributed by atoms with Crippen LogP contribution in [0.2, 0.25) is 72.5 Å². The van der Waals surface area contributed by atoms with Crippen molar-refractivity contribution in [1.82, 2.24) is 0 Å². The van der Waals surface area contributed by atoms with Gasteiger partial charge in [0.15, 0.2) is 0 Å². The van der Waals surface area contributed by atoms with Crippen LogP contribution in [0.3, 0.4) is 0 Å². The summed E-state index contributed by atoms with van der Waals surface area (Å²) < 4.78 is 0. The molecule has 0 spiro atoms. The maximum absolute atomic E-state index is 2.35. The molecule has 0 aromatic carbocycles. The summed E-state index contributed by atoms with van der Waals surface area (Å²) in [5.74, 6) is 0. The fourth-order valence-corrected chi connectivity index (χ4v) is 0. The van der Waals surface area contributed by atoms with Crippen molar-refractivity contribution in [2.24, 2.45) is 0 Å². The number of hydrogen-bond donors (Lipinski definition) is 0. The average Bonchev–Trinajstić information content (AvgIpc) is 2.47. The molecule has 30 heavy (non-hydrogen) atoms. The van der Waals surface area contributed by atoms with E-state index in [1.807, 2.05) is 28.0 Å². The summed E-state index contributed by atoms with van der Waals surface area (Å²) in [5.41, 5.74) is 0. The van der Waals surface area contributed by atoms with Crippen molar-refractivity contribution >= 4 is 63.2 Å². The molecule has 0 rings (SSSR count). The van der Waals surface area contributed by atoms with Crippen molar-refractivity contribution in [2.75, 3.05) is 0 Å². The molecule has 0 heterocycles. The van der Waals surface area contributed by atoms with Crippen LogP contribution in [0.25, 0.3) is 0 Å². The molecule has 0 aromatic rings. The second-order valence-corrected chi connectivity index (χ2v) is 27.0. The summed E-state index contributed by atoms with van der Waals surface area (Å²) >= 11 is 4.00. The molecule has 0 unspecified atom stereocenters. The van der Waals surface area contributed by atoms with Gasteiger partial charge in [-0.05, 0) is 20.2 Å². The second-order valence-electron chi connectivity index (χ2n) is 13.0. The molecule has 0 saturated carbocycles. The third kappa shape index (κ3) is 37.3. The van der Waals surface area contributed by atoms with Gasteiger partial charge in [0.05, 0.1) is 0 Å². The third-order valence-electron chi connectivity index (χ3n) is 6.00. The standard InChI is InChI=1S/4C6H15Si.Ge2/c4*1-6(2,3)7(4)5;1-2/h4*1-5H3;. The minimum atomic E-state index is -0.0502. The Hall–Kier alpha value is 1.95. The fraction of sp³-hybridized carbons (Fsp3) is 1.00. The first kappa shape index (κ1) is 42.1. The van der Waals surface area contributed by atoms with Crippen molar-refractivity contribution in [3.05, 3.63) is 0 Å². The predicted octanol–water partition coefficient (Wildman–Crippen LogP) is 9.40. The van der Waals surface area contributed by atoms with Gasteiger partial charge in [0, 0.05) is 35.2 Å². The zero-order valence-corrected chi connectivity index (χ0v) is 33.2. The molecule has 180 valence electrons. The van der Waals surface area contributed by atoms with E-state index >= 15 is 0 Å². The topological polar surface area (TPSA) is 0 Å². The van der Waals surface area contributed by atoms with Crippen LogP contribution in [-0.2, 0) is 0 Å². The minimum absolute atomic E-state index is 0.0502. The molecule has 0 nitrogen and oxygen atoms in total. The monoisotopic (exact) mass is 608 g/mol. The summed E-state index contributed by atoms with van der Waals surface area (Å²) in [6, 6.07) is 0. The van der Waals surface area contributed by atoms with Crippen LogP contribution in [-0.4, -0.2) is 63.2 Å². The molecular weight excluding hydrogens is 546 g/mol. The first-order valence-corrected chi connectivity index (χ1v) is 27.8. The number of rotatable bonds is 0. The van der Waals surface area contributed by atoms with Gasteiger partial charge in [-0.3, -0.25) is 0 Å². The summed E-state index contributed by atoms with van der Waals surface area (Å²) in [5, 5.41) is 2.41. The molecule has 0 aromatic heterocycles. The second kappa shape index (κ2) is 19.3. The molecule has 0 N–H and O–H groups in total. The fourth-order valence-electron chi connectivity index (χ4n) is 0. The molecule has 0 atom stereocenters. The van der Waals surface area contributed by atoms with Crippen LogP contribution >= 0.6 is 0 Å². The molecule has 0 fully saturated rings. The van der Waals surface area contributed by atoms with Gasteiger partial charge < -0.3 is 0 Å². The first-order valence-electron chi connectivity index (χ1n) is 11.2. The van der Waals surface area contributed by atoms with Gasteiger partial charge in [-0.2, -0.15) is 0 Å². The van der Waals surface area contributed by atoms with Gasteiger partial charge in [0.25, 0.3) is 0 Å². The molecule has 0 amide bonds. The predicted molar refractivity (Wildman–Crippen MR) is 160 cm³/mol. The summed E-state index contributed by atoms with van der Waals surface area (Å²) in [4.78, 5) is 0. The zero-order valence-electron chi connectivity index (χ0n) is 25.0. The first-order chi connectivity index (χ1) is 12.8. The Morgan fingerprint density at radius 1 is 0.300 bits per heavy atom. The summed E-state index contributed by atoms with van der Waals surface area (Å²) in [6.45, 7) is 46.5. The van der Waals surface area contributed by atoms with Gasteiger partial charge in [0.1, 0.15) is 0 Å². The Bertz CT molecular complexity index is 295.